The number of carboxylic acid groups (broad SMARTS) is 1. The van der Waals surface area contributed by atoms with E-state index in [4.69, 9.17) is 0 Å². The number of benzene rings is 2. The molecule has 0 aliphatic heterocycles. The first-order valence-electron chi connectivity index (χ1n) is 6.57. The van der Waals surface area contributed by atoms with Crippen molar-refractivity contribution in [2.75, 3.05) is 0 Å². The molecule has 2 aromatic carbocycles. The van der Waals surface area contributed by atoms with Crippen molar-refractivity contribution in [3.05, 3.63) is 69.7 Å². The first-order chi connectivity index (χ1) is 9.54. The van der Waals surface area contributed by atoms with Crippen molar-refractivity contribution in [2.45, 2.75) is 19.8 Å². The van der Waals surface area contributed by atoms with Gasteiger partial charge in [0.05, 0.1) is 5.92 Å². The number of halogens is 1. The average Bonchev–Trinajstić information content (AvgIpc) is 2.38. The second-order valence-corrected chi connectivity index (χ2v) is 5.98. The second-order valence-electron chi connectivity index (χ2n) is 5.06. The highest BCUT2D eigenvalue weighted by Crippen LogP contribution is 2.19. The van der Waals surface area contributed by atoms with Crippen molar-refractivity contribution in [2.24, 2.45) is 5.92 Å². The van der Waals surface area contributed by atoms with Gasteiger partial charge in [0.25, 0.3) is 0 Å². The van der Waals surface area contributed by atoms with Crippen LogP contribution in [-0.4, -0.2) is 11.1 Å². The molecule has 0 radical (unpaired) electrons. The number of carbonyl (C=O) groups is 1. The molecular weight excluding hydrogens is 316 g/mol. The van der Waals surface area contributed by atoms with E-state index in [1.807, 2.05) is 49.4 Å². The number of aryl methyl sites for hydroxylation is 1. The van der Waals surface area contributed by atoms with Crippen molar-refractivity contribution in [1.82, 2.24) is 0 Å². The van der Waals surface area contributed by atoms with E-state index in [-0.39, 0.29) is 0 Å². The lowest BCUT2D eigenvalue weighted by Gasteiger charge is -2.13. The Kier molecular flexibility index (Phi) is 4.96. The van der Waals surface area contributed by atoms with Gasteiger partial charge in [-0.15, -0.1) is 0 Å². The third kappa shape index (κ3) is 4.20. The molecule has 1 N–H and O–H groups in total. The van der Waals surface area contributed by atoms with E-state index in [2.05, 4.69) is 22.0 Å². The van der Waals surface area contributed by atoms with Gasteiger partial charge in [0.2, 0.25) is 0 Å². The summed E-state index contributed by atoms with van der Waals surface area (Å²) in [6, 6.07) is 15.9. The third-order valence-corrected chi connectivity index (χ3v) is 3.78. The molecule has 2 nitrogen and oxygen atoms in total. The van der Waals surface area contributed by atoms with Crippen molar-refractivity contribution < 1.29 is 9.90 Å². The molecule has 1 atom stereocenters. The summed E-state index contributed by atoms with van der Waals surface area (Å²) >= 11 is 3.42. The van der Waals surface area contributed by atoms with Crippen LogP contribution in [0.3, 0.4) is 0 Å². The normalized spacial score (nSPS) is 12.1. The highest BCUT2D eigenvalue weighted by Gasteiger charge is 2.18. The highest BCUT2D eigenvalue weighted by atomic mass is 79.9. The van der Waals surface area contributed by atoms with Crippen LogP contribution in [0.5, 0.6) is 0 Å². The molecule has 0 aliphatic rings. The van der Waals surface area contributed by atoms with Crippen LogP contribution in [0.25, 0.3) is 0 Å². The Bertz CT molecular complexity index is 560. The van der Waals surface area contributed by atoms with Crippen LogP contribution in [0.1, 0.15) is 16.7 Å². The van der Waals surface area contributed by atoms with Gasteiger partial charge < -0.3 is 5.11 Å². The molecule has 0 bridgehead atoms. The van der Waals surface area contributed by atoms with Crippen LogP contribution >= 0.6 is 15.9 Å². The molecule has 0 saturated carbocycles. The molecule has 0 spiro atoms. The zero-order valence-corrected chi connectivity index (χ0v) is 12.9. The molecule has 0 heterocycles. The minimum absolute atomic E-state index is 0.397. The lowest BCUT2D eigenvalue weighted by atomic mass is 9.92. The molecule has 20 heavy (non-hydrogen) atoms. The summed E-state index contributed by atoms with van der Waals surface area (Å²) in [4.78, 5) is 11.5. The monoisotopic (exact) mass is 332 g/mol. The molecule has 0 aliphatic carbocycles. The van der Waals surface area contributed by atoms with Crippen LogP contribution in [0.4, 0.5) is 0 Å². The first-order valence-corrected chi connectivity index (χ1v) is 7.36. The molecule has 2 aromatic rings. The van der Waals surface area contributed by atoms with E-state index in [0.717, 1.165) is 21.2 Å². The lowest BCUT2D eigenvalue weighted by Crippen LogP contribution is -2.19. The van der Waals surface area contributed by atoms with Crippen molar-refractivity contribution >= 4 is 21.9 Å². The topological polar surface area (TPSA) is 37.3 Å². The van der Waals surface area contributed by atoms with E-state index < -0.39 is 11.9 Å². The summed E-state index contributed by atoms with van der Waals surface area (Å²) in [5.41, 5.74) is 3.28. The van der Waals surface area contributed by atoms with E-state index in [1.165, 1.54) is 0 Å². The molecule has 2 rings (SSSR count). The standard InChI is InChI=1S/C17H17BrO2/c1-12-4-2-5-13(8-12)9-15(17(19)20)10-14-6-3-7-16(18)11-14/h2-8,11,15H,9-10H2,1H3,(H,19,20). The fourth-order valence-electron chi connectivity index (χ4n) is 2.32. The van der Waals surface area contributed by atoms with Crippen LogP contribution in [0.15, 0.2) is 53.0 Å². The second kappa shape index (κ2) is 6.71. The maximum Gasteiger partial charge on any atom is 0.307 e. The van der Waals surface area contributed by atoms with Crippen LogP contribution < -0.4 is 0 Å². The van der Waals surface area contributed by atoms with Gasteiger partial charge in [-0.05, 0) is 43.0 Å². The number of hydrogen-bond acceptors (Lipinski definition) is 1. The summed E-state index contributed by atoms with van der Waals surface area (Å²) in [5.74, 6) is -1.14. The van der Waals surface area contributed by atoms with Gasteiger partial charge in [0.15, 0.2) is 0 Å². The van der Waals surface area contributed by atoms with E-state index in [9.17, 15) is 9.90 Å². The van der Waals surface area contributed by atoms with Gasteiger partial charge in [0.1, 0.15) is 0 Å². The Morgan fingerprint density at radius 2 is 1.70 bits per heavy atom. The molecule has 0 saturated heterocycles. The van der Waals surface area contributed by atoms with Gasteiger partial charge in [-0.25, -0.2) is 0 Å². The van der Waals surface area contributed by atoms with Gasteiger partial charge in [-0.2, -0.15) is 0 Å². The number of carboxylic acids is 1. The minimum atomic E-state index is -0.744. The summed E-state index contributed by atoms with van der Waals surface area (Å²) < 4.78 is 0.981. The Balaban J connectivity index is 2.13. The Morgan fingerprint density at radius 3 is 2.25 bits per heavy atom. The fraction of sp³-hybridized carbons (Fsp3) is 0.235. The molecule has 0 fully saturated rings. The van der Waals surface area contributed by atoms with Crippen molar-refractivity contribution in [3.63, 3.8) is 0 Å². The maximum absolute atomic E-state index is 11.5. The smallest absolute Gasteiger partial charge is 0.307 e. The van der Waals surface area contributed by atoms with E-state index in [0.29, 0.717) is 12.8 Å². The largest absolute Gasteiger partial charge is 0.481 e. The van der Waals surface area contributed by atoms with Crippen molar-refractivity contribution in [3.8, 4) is 0 Å². The lowest BCUT2D eigenvalue weighted by molar-refractivity contribution is -0.141. The predicted octanol–water partition coefficient (Wildman–Crippen LogP) is 4.24. The molecular formula is C17H17BrO2. The molecule has 0 aromatic heterocycles. The SMILES string of the molecule is Cc1cccc(CC(Cc2cccc(Br)c2)C(=O)O)c1. The van der Waals surface area contributed by atoms with Gasteiger partial charge in [-0.3, -0.25) is 4.79 Å². The third-order valence-electron chi connectivity index (χ3n) is 3.28. The molecule has 104 valence electrons. The summed E-state index contributed by atoms with van der Waals surface area (Å²) in [7, 11) is 0. The zero-order valence-electron chi connectivity index (χ0n) is 11.3. The summed E-state index contributed by atoms with van der Waals surface area (Å²) in [6.07, 6.45) is 1.10. The Morgan fingerprint density at radius 1 is 1.10 bits per heavy atom. The molecule has 0 amide bonds. The van der Waals surface area contributed by atoms with Gasteiger partial charge in [0, 0.05) is 4.47 Å². The van der Waals surface area contributed by atoms with Gasteiger partial charge >= 0.3 is 5.97 Å². The number of rotatable bonds is 5. The van der Waals surface area contributed by atoms with Crippen LogP contribution in [-0.2, 0) is 17.6 Å². The minimum Gasteiger partial charge on any atom is -0.481 e. The quantitative estimate of drug-likeness (QED) is 0.888. The number of aliphatic carboxylic acids is 1. The highest BCUT2D eigenvalue weighted by molar-refractivity contribution is 9.10. The van der Waals surface area contributed by atoms with Crippen molar-refractivity contribution in [1.29, 1.82) is 0 Å². The van der Waals surface area contributed by atoms with E-state index >= 15 is 0 Å². The van der Waals surface area contributed by atoms with Crippen LogP contribution in [0, 0.1) is 12.8 Å². The fourth-order valence-corrected chi connectivity index (χ4v) is 2.77. The first kappa shape index (κ1) is 14.8. The zero-order chi connectivity index (χ0) is 14.5. The summed E-state index contributed by atoms with van der Waals surface area (Å²) in [5, 5.41) is 9.42. The molecule has 3 heteroatoms. The van der Waals surface area contributed by atoms with Crippen LogP contribution in [0.2, 0.25) is 0 Å². The van der Waals surface area contributed by atoms with E-state index in [1.54, 1.807) is 0 Å². The van der Waals surface area contributed by atoms with Gasteiger partial charge in [-0.1, -0.05) is 57.9 Å². The predicted molar refractivity (Wildman–Crippen MR) is 83.9 cm³/mol. The molecule has 1 unspecified atom stereocenters. The average molecular weight is 333 g/mol. The maximum atomic E-state index is 11.5. The number of hydrogen-bond donors (Lipinski definition) is 1. The summed E-state index contributed by atoms with van der Waals surface area (Å²) in [6.45, 7) is 2.02. The Hall–Kier alpha value is -1.61. The Labute approximate surface area is 127 Å².